The Morgan fingerprint density at radius 1 is 1.24 bits per heavy atom. The van der Waals surface area contributed by atoms with E-state index in [-0.39, 0.29) is 12.6 Å². The number of nitrogens with one attached hydrogen (secondary N) is 1. The second kappa shape index (κ2) is 6.16. The van der Waals surface area contributed by atoms with Crippen molar-refractivity contribution in [2.45, 2.75) is 33.6 Å². The summed E-state index contributed by atoms with van der Waals surface area (Å²) in [6.07, 6.45) is 1.37. The van der Waals surface area contributed by atoms with Crippen molar-refractivity contribution >= 4 is 17.7 Å². The van der Waals surface area contributed by atoms with Crippen LogP contribution in [0.2, 0.25) is 0 Å². The highest BCUT2D eigenvalue weighted by molar-refractivity contribution is 5.91. The summed E-state index contributed by atoms with van der Waals surface area (Å²) in [5.41, 5.74) is 4.02. The van der Waals surface area contributed by atoms with Gasteiger partial charge in [-0.15, -0.1) is 0 Å². The molecule has 114 valence electrons. The normalized spacial score (nSPS) is 18.4. The molecule has 5 heteroatoms. The van der Waals surface area contributed by atoms with E-state index in [1.807, 2.05) is 32.9 Å². The third kappa shape index (κ3) is 3.54. The smallest absolute Gasteiger partial charge is 0.321 e. The molecule has 1 fully saturated rings. The number of urea groups is 1. The second-order valence-electron chi connectivity index (χ2n) is 5.83. The molecular formula is C16H22N2O3. The van der Waals surface area contributed by atoms with Gasteiger partial charge in [-0.1, -0.05) is 17.7 Å². The Morgan fingerprint density at radius 3 is 2.43 bits per heavy atom. The molecule has 2 amide bonds. The molecule has 2 N–H and O–H groups in total. The lowest BCUT2D eigenvalue weighted by atomic mass is 9.98. The zero-order valence-corrected chi connectivity index (χ0v) is 12.8. The van der Waals surface area contributed by atoms with Crippen LogP contribution in [-0.4, -0.2) is 35.1 Å². The van der Waals surface area contributed by atoms with Gasteiger partial charge in [-0.05, 0) is 44.7 Å². The number of carbonyl (C=O) groups excluding carboxylic acids is 1. The van der Waals surface area contributed by atoms with Crippen LogP contribution < -0.4 is 5.32 Å². The summed E-state index contributed by atoms with van der Waals surface area (Å²) in [6, 6.07) is 3.84. The second-order valence-corrected chi connectivity index (χ2v) is 5.83. The Morgan fingerprint density at radius 2 is 1.86 bits per heavy atom. The van der Waals surface area contributed by atoms with Crippen LogP contribution in [0.25, 0.3) is 0 Å². The van der Waals surface area contributed by atoms with E-state index in [9.17, 15) is 9.59 Å². The van der Waals surface area contributed by atoms with Gasteiger partial charge >= 0.3 is 12.0 Å². The monoisotopic (exact) mass is 290 g/mol. The molecule has 1 heterocycles. The van der Waals surface area contributed by atoms with E-state index in [4.69, 9.17) is 5.11 Å². The molecule has 0 aliphatic carbocycles. The zero-order chi connectivity index (χ0) is 15.6. The number of nitrogens with zero attached hydrogens (tertiary/aromatic N) is 1. The molecule has 2 rings (SSSR count). The van der Waals surface area contributed by atoms with Crippen LogP contribution in [0.1, 0.15) is 29.5 Å². The van der Waals surface area contributed by atoms with Crippen LogP contribution in [0.3, 0.4) is 0 Å². The van der Waals surface area contributed by atoms with Crippen molar-refractivity contribution in [3.63, 3.8) is 0 Å². The van der Waals surface area contributed by atoms with Crippen LogP contribution >= 0.6 is 0 Å². The highest BCUT2D eigenvalue weighted by Crippen LogP contribution is 2.23. The highest BCUT2D eigenvalue weighted by atomic mass is 16.4. The van der Waals surface area contributed by atoms with E-state index in [2.05, 4.69) is 5.32 Å². The molecule has 1 aliphatic heterocycles. The van der Waals surface area contributed by atoms with Gasteiger partial charge in [-0.3, -0.25) is 4.79 Å². The highest BCUT2D eigenvalue weighted by Gasteiger charge is 2.28. The first kappa shape index (κ1) is 15.4. The van der Waals surface area contributed by atoms with Crippen molar-refractivity contribution in [2.75, 3.05) is 18.4 Å². The number of anilines is 1. The van der Waals surface area contributed by atoms with E-state index < -0.39 is 11.9 Å². The van der Waals surface area contributed by atoms with E-state index >= 15 is 0 Å². The summed E-state index contributed by atoms with van der Waals surface area (Å²) in [5, 5.41) is 12.0. The predicted molar refractivity (Wildman–Crippen MR) is 81.6 cm³/mol. The number of carbonyl (C=O) groups is 2. The molecule has 0 spiro atoms. The first-order chi connectivity index (χ1) is 9.88. The first-order valence-electron chi connectivity index (χ1n) is 7.25. The third-order valence-corrected chi connectivity index (χ3v) is 3.97. The lowest BCUT2D eigenvalue weighted by molar-refractivity contribution is -0.143. The van der Waals surface area contributed by atoms with Gasteiger partial charge in [-0.2, -0.15) is 0 Å². The predicted octanol–water partition coefficient (Wildman–Crippen LogP) is 2.94. The van der Waals surface area contributed by atoms with Crippen LogP contribution in [0.5, 0.6) is 0 Å². The lowest BCUT2D eigenvalue weighted by Crippen LogP contribution is -2.44. The first-order valence-corrected chi connectivity index (χ1v) is 7.25. The number of aliphatic carboxylic acids is 1. The van der Waals surface area contributed by atoms with Crippen molar-refractivity contribution < 1.29 is 14.7 Å². The Hall–Kier alpha value is -2.04. The zero-order valence-electron chi connectivity index (χ0n) is 12.8. The quantitative estimate of drug-likeness (QED) is 0.879. The molecule has 1 atom stereocenters. The lowest BCUT2D eigenvalue weighted by Gasteiger charge is -2.31. The number of carboxylic acid groups (broad SMARTS) is 1. The van der Waals surface area contributed by atoms with Gasteiger partial charge in [-0.25, -0.2) is 4.79 Å². The van der Waals surface area contributed by atoms with E-state index in [1.54, 1.807) is 4.90 Å². The van der Waals surface area contributed by atoms with Crippen molar-refractivity contribution in [1.82, 2.24) is 4.90 Å². The number of benzene rings is 1. The molecule has 1 saturated heterocycles. The Labute approximate surface area is 125 Å². The Bertz CT molecular complexity index is 546. The topological polar surface area (TPSA) is 69.6 Å². The van der Waals surface area contributed by atoms with Crippen LogP contribution in [0.15, 0.2) is 12.1 Å². The fourth-order valence-electron chi connectivity index (χ4n) is 2.93. The molecule has 0 radical (unpaired) electrons. The van der Waals surface area contributed by atoms with Gasteiger partial charge in [0.2, 0.25) is 0 Å². The Kier molecular flexibility index (Phi) is 4.50. The maximum Gasteiger partial charge on any atom is 0.321 e. The van der Waals surface area contributed by atoms with Gasteiger partial charge in [0.1, 0.15) is 0 Å². The number of likely N-dealkylation sites (tertiary alicyclic amines) is 1. The van der Waals surface area contributed by atoms with Crippen molar-refractivity contribution in [2.24, 2.45) is 5.92 Å². The van der Waals surface area contributed by atoms with Crippen molar-refractivity contribution in [3.05, 3.63) is 28.8 Å². The maximum absolute atomic E-state index is 12.3. The number of carboxylic acids is 1. The minimum absolute atomic E-state index is 0.212. The molecule has 5 nitrogen and oxygen atoms in total. The standard InChI is InChI=1S/C16H22N2O3/c1-10-7-11(2)14(12(3)8-10)17-16(21)18-6-4-5-13(9-18)15(19)20/h7-8,13H,4-6,9H2,1-3H3,(H,17,21)(H,19,20)/t13-/m1/s1. The minimum atomic E-state index is -0.824. The molecule has 0 unspecified atom stereocenters. The molecule has 0 saturated carbocycles. The fourth-order valence-corrected chi connectivity index (χ4v) is 2.93. The van der Waals surface area contributed by atoms with E-state index in [0.717, 1.165) is 28.8 Å². The fraction of sp³-hybridized carbons (Fsp3) is 0.500. The number of aryl methyl sites for hydroxylation is 3. The average Bonchev–Trinajstić information content (AvgIpc) is 2.42. The number of hydrogen-bond acceptors (Lipinski definition) is 2. The largest absolute Gasteiger partial charge is 0.481 e. The van der Waals surface area contributed by atoms with Crippen molar-refractivity contribution in [3.8, 4) is 0 Å². The molecular weight excluding hydrogens is 268 g/mol. The summed E-state index contributed by atoms with van der Waals surface area (Å²) in [4.78, 5) is 25.0. The van der Waals surface area contributed by atoms with Crippen LogP contribution in [0, 0.1) is 26.7 Å². The molecule has 21 heavy (non-hydrogen) atoms. The maximum atomic E-state index is 12.3. The van der Waals surface area contributed by atoms with Crippen molar-refractivity contribution in [1.29, 1.82) is 0 Å². The summed E-state index contributed by atoms with van der Waals surface area (Å²) >= 11 is 0. The minimum Gasteiger partial charge on any atom is -0.481 e. The summed E-state index contributed by atoms with van der Waals surface area (Å²) in [5.74, 6) is -1.28. The van der Waals surface area contributed by atoms with Gasteiger partial charge in [0.15, 0.2) is 0 Å². The van der Waals surface area contributed by atoms with E-state index in [1.165, 1.54) is 0 Å². The van der Waals surface area contributed by atoms with E-state index in [0.29, 0.717) is 13.0 Å². The van der Waals surface area contributed by atoms with Gasteiger partial charge < -0.3 is 15.3 Å². The van der Waals surface area contributed by atoms with Gasteiger partial charge in [0, 0.05) is 18.8 Å². The number of hydrogen-bond donors (Lipinski definition) is 2. The van der Waals surface area contributed by atoms with Crippen LogP contribution in [0.4, 0.5) is 10.5 Å². The summed E-state index contributed by atoms with van der Waals surface area (Å²) < 4.78 is 0. The summed E-state index contributed by atoms with van der Waals surface area (Å²) in [7, 11) is 0. The van der Waals surface area contributed by atoms with Gasteiger partial charge in [0.25, 0.3) is 0 Å². The third-order valence-electron chi connectivity index (χ3n) is 3.97. The number of amides is 2. The number of piperidine rings is 1. The Balaban J connectivity index is 2.10. The molecule has 0 aromatic heterocycles. The van der Waals surface area contributed by atoms with Crippen LogP contribution in [-0.2, 0) is 4.79 Å². The molecule has 0 bridgehead atoms. The SMILES string of the molecule is Cc1cc(C)c(NC(=O)N2CCC[C@@H](C(=O)O)C2)c(C)c1. The molecule has 1 aromatic carbocycles. The van der Waals surface area contributed by atoms with Gasteiger partial charge in [0.05, 0.1) is 5.92 Å². The average molecular weight is 290 g/mol. The molecule has 1 aliphatic rings. The summed E-state index contributed by atoms with van der Waals surface area (Å²) in [6.45, 7) is 6.84. The molecule has 1 aromatic rings. The number of rotatable bonds is 2.